The van der Waals surface area contributed by atoms with Crippen molar-refractivity contribution < 1.29 is 9.18 Å². The molecule has 2 rings (SSSR count). The molecule has 0 saturated carbocycles. The summed E-state index contributed by atoms with van der Waals surface area (Å²) in [5.74, 6) is 1.16. The first-order valence-electron chi connectivity index (χ1n) is 8.22. The van der Waals surface area contributed by atoms with E-state index in [0.717, 1.165) is 13.1 Å². The van der Waals surface area contributed by atoms with Gasteiger partial charge in [-0.3, -0.25) is 4.79 Å². The number of hydrogen-bond acceptors (Lipinski definition) is 3. The summed E-state index contributed by atoms with van der Waals surface area (Å²) in [6.07, 6.45) is 2.43. The van der Waals surface area contributed by atoms with Gasteiger partial charge in [-0.1, -0.05) is 6.07 Å². The minimum Gasteiger partial charge on any atom is -0.357 e. The van der Waals surface area contributed by atoms with E-state index >= 15 is 0 Å². The average Bonchev–Trinajstić information content (AvgIpc) is 2.97. The summed E-state index contributed by atoms with van der Waals surface area (Å²) >= 11 is 1.97. The summed E-state index contributed by atoms with van der Waals surface area (Å²) in [7, 11) is 0. The van der Waals surface area contributed by atoms with E-state index in [1.54, 1.807) is 12.1 Å². The van der Waals surface area contributed by atoms with Crippen LogP contribution in [0.15, 0.2) is 29.3 Å². The van der Waals surface area contributed by atoms with Gasteiger partial charge in [0.15, 0.2) is 5.96 Å². The Morgan fingerprint density at radius 1 is 1.42 bits per heavy atom. The second-order valence-electron chi connectivity index (χ2n) is 6.01. The minimum absolute atomic E-state index is 0.0182. The first-order valence-corrected chi connectivity index (χ1v) is 9.21. The molecule has 0 spiro atoms. The zero-order valence-electron chi connectivity index (χ0n) is 14.2. The lowest BCUT2D eigenvalue weighted by atomic mass is 10.1. The maximum Gasteiger partial charge on any atom is 0.246 e. The van der Waals surface area contributed by atoms with E-state index in [-0.39, 0.29) is 23.0 Å². The summed E-state index contributed by atoms with van der Waals surface area (Å²) < 4.78 is 13.3. The molecule has 1 aromatic rings. The predicted octanol–water partition coefficient (Wildman–Crippen LogP) is 2.60. The number of thioether (sulfide) groups is 1. The molecular weight excluding hydrogens is 327 g/mol. The molecule has 7 heteroatoms. The third-order valence-electron chi connectivity index (χ3n) is 3.76. The fourth-order valence-electron chi connectivity index (χ4n) is 2.51. The number of carbonyl (C=O) groups is 1. The van der Waals surface area contributed by atoms with E-state index in [4.69, 9.17) is 0 Å². The van der Waals surface area contributed by atoms with Crippen molar-refractivity contribution in [1.29, 1.82) is 0 Å². The van der Waals surface area contributed by atoms with Crippen LogP contribution in [-0.2, 0) is 4.79 Å². The summed E-state index contributed by atoms with van der Waals surface area (Å²) in [6, 6.07) is 5.82. The molecule has 0 bridgehead atoms. The topological polar surface area (TPSA) is 65.5 Å². The van der Waals surface area contributed by atoms with Crippen molar-refractivity contribution in [3.8, 4) is 0 Å². The molecule has 5 nitrogen and oxygen atoms in total. The summed E-state index contributed by atoms with van der Waals surface area (Å²) in [5, 5.41) is 9.09. The van der Waals surface area contributed by atoms with Gasteiger partial charge in [-0.2, -0.15) is 11.8 Å². The first kappa shape index (κ1) is 18.6. The first-order chi connectivity index (χ1) is 11.5. The van der Waals surface area contributed by atoms with Crippen molar-refractivity contribution in [2.45, 2.75) is 31.4 Å². The molecule has 0 aromatic heterocycles. The van der Waals surface area contributed by atoms with Crippen molar-refractivity contribution in [3.63, 3.8) is 0 Å². The van der Waals surface area contributed by atoms with Gasteiger partial charge in [-0.25, -0.2) is 9.38 Å². The largest absolute Gasteiger partial charge is 0.357 e. The number of carbonyl (C=O) groups excluding carboxylic acids is 1. The zero-order valence-corrected chi connectivity index (χ0v) is 15.0. The van der Waals surface area contributed by atoms with Crippen LogP contribution >= 0.6 is 11.8 Å². The Balaban J connectivity index is 1.86. The van der Waals surface area contributed by atoms with Gasteiger partial charge in [-0.15, -0.1) is 0 Å². The highest BCUT2D eigenvalue weighted by atomic mass is 32.2. The van der Waals surface area contributed by atoms with Gasteiger partial charge < -0.3 is 16.0 Å². The Hall–Kier alpha value is -1.76. The molecule has 1 amide bonds. The van der Waals surface area contributed by atoms with Gasteiger partial charge in [-0.05, 0) is 50.6 Å². The Kier molecular flexibility index (Phi) is 6.90. The smallest absolute Gasteiger partial charge is 0.246 e. The summed E-state index contributed by atoms with van der Waals surface area (Å²) in [6.45, 7) is 5.75. The van der Waals surface area contributed by atoms with E-state index in [1.165, 1.54) is 30.7 Å². The maximum absolute atomic E-state index is 13.1. The number of hydrogen-bond donors (Lipinski definition) is 3. The Labute approximate surface area is 146 Å². The van der Waals surface area contributed by atoms with Crippen LogP contribution in [0.25, 0.3) is 0 Å². The molecule has 1 aliphatic rings. The van der Waals surface area contributed by atoms with Gasteiger partial charge in [0.25, 0.3) is 0 Å². The van der Waals surface area contributed by atoms with Crippen LogP contribution in [0.4, 0.5) is 10.1 Å². The normalized spacial score (nSPS) is 20.7. The van der Waals surface area contributed by atoms with Crippen LogP contribution in [-0.4, -0.2) is 42.0 Å². The second kappa shape index (κ2) is 8.92. The van der Waals surface area contributed by atoms with Gasteiger partial charge in [0.2, 0.25) is 5.91 Å². The molecule has 3 N–H and O–H groups in total. The van der Waals surface area contributed by atoms with E-state index < -0.39 is 0 Å². The predicted molar refractivity (Wildman–Crippen MR) is 99.1 cm³/mol. The molecule has 0 aliphatic carbocycles. The Morgan fingerprint density at radius 2 is 2.25 bits per heavy atom. The lowest BCUT2D eigenvalue weighted by Crippen LogP contribution is -2.44. The van der Waals surface area contributed by atoms with Gasteiger partial charge in [0, 0.05) is 23.5 Å². The van der Waals surface area contributed by atoms with Crippen LogP contribution in [0.2, 0.25) is 0 Å². The lowest BCUT2D eigenvalue weighted by Gasteiger charge is -2.24. The van der Waals surface area contributed by atoms with Crippen molar-refractivity contribution in [1.82, 2.24) is 10.6 Å². The van der Waals surface area contributed by atoms with E-state index in [0.29, 0.717) is 11.6 Å². The number of nitrogens with zero attached hydrogens (tertiary/aromatic N) is 1. The zero-order chi connectivity index (χ0) is 17.4. The fourth-order valence-corrected chi connectivity index (χ4v) is 3.75. The highest BCUT2D eigenvalue weighted by molar-refractivity contribution is 8.00. The van der Waals surface area contributed by atoms with Crippen LogP contribution in [0.3, 0.4) is 0 Å². The van der Waals surface area contributed by atoms with Gasteiger partial charge in [0.1, 0.15) is 12.4 Å². The number of anilines is 1. The maximum atomic E-state index is 13.1. The number of rotatable bonds is 6. The Morgan fingerprint density at radius 3 is 2.92 bits per heavy atom. The SMILES string of the molecule is CCNC(=NCC(=O)Nc1cccc(F)c1)NCC1(C)CCCS1. The van der Waals surface area contributed by atoms with Crippen LogP contribution in [0, 0.1) is 5.82 Å². The highest BCUT2D eigenvalue weighted by Gasteiger charge is 2.29. The molecule has 1 fully saturated rings. The van der Waals surface area contributed by atoms with E-state index in [9.17, 15) is 9.18 Å². The van der Waals surface area contributed by atoms with Crippen LogP contribution in [0.1, 0.15) is 26.7 Å². The molecule has 1 saturated heterocycles. The van der Waals surface area contributed by atoms with Gasteiger partial charge >= 0.3 is 0 Å². The summed E-state index contributed by atoms with van der Waals surface area (Å²) in [4.78, 5) is 16.3. The molecule has 0 radical (unpaired) electrons. The molecule has 1 heterocycles. The van der Waals surface area contributed by atoms with Crippen LogP contribution < -0.4 is 16.0 Å². The number of halogens is 1. The summed E-state index contributed by atoms with van der Waals surface area (Å²) in [5.41, 5.74) is 0.433. The van der Waals surface area contributed by atoms with E-state index in [1.807, 2.05) is 18.7 Å². The average molecular weight is 352 g/mol. The molecule has 132 valence electrons. The second-order valence-corrected chi connectivity index (χ2v) is 7.69. The van der Waals surface area contributed by atoms with Crippen LogP contribution in [0.5, 0.6) is 0 Å². The number of guanidine groups is 1. The lowest BCUT2D eigenvalue weighted by molar-refractivity contribution is -0.114. The van der Waals surface area contributed by atoms with Gasteiger partial charge in [0.05, 0.1) is 0 Å². The van der Waals surface area contributed by atoms with E-state index in [2.05, 4.69) is 27.9 Å². The van der Waals surface area contributed by atoms with Crippen molar-refractivity contribution in [2.24, 2.45) is 4.99 Å². The molecule has 24 heavy (non-hydrogen) atoms. The minimum atomic E-state index is -0.381. The third kappa shape index (κ3) is 6.03. The number of aliphatic imine (C=N–C) groups is 1. The Bertz CT molecular complexity index is 588. The van der Waals surface area contributed by atoms with Crippen molar-refractivity contribution in [2.75, 3.05) is 30.7 Å². The monoisotopic (exact) mass is 352 g/mol. The molecular formula is C17H25FN4OS. The number of benzene rings is 1. The number of amides is 1. The molecule has 1 aromatic carbocycles. The standard InChI is InChI=1S/C17H25FN4OS/c1-3-19-16(21-12-17(2)8-5-9-24-17)20-11-15(23)22-14-7-4-6-13(18)10-14/h4,6-7,10H,3,5,8-9,11-12H2,1-2H3,(H,22,23)(H2,19,20,21). The quantitative estimate of drug-likeness (QED) is 0.544. The highest BCUT2D eigenvalue weighted by Crippen LogP contribution is 2.36. The third-order valence-corrected chi connectivity index (χ3v) is 5.30. The molecule has 1 atom stereocenters. The van der Waals surface area contributed by atoms with Crippen molar-refractivity contribution >= 4 is 29.3 Å². The molecule has 1 aliphatic heterocycles. The fraction of sp³-hybridized carbons (Fsp3) is 0.529. The number of nitrogens with one attached hydrogen (secondary N) is 3. The van der Waals surface area contributed by atoms with Crippen molar-refractivity contribution in [3.05, 3.63) is 30.1 Å². The molecule has 1 unspecified atom stereocenters.